The number of likely N-dealkylation sites (tertiary alicyclic amines) is 1. The maximum Gasteiger partial charge on any atom is 0.191 e. The van der Waals surface area contributed by atoms with Crippen molar-refractivity contribution in [1.29, 1.82) is 0 Å². The lowest BCUT2D eigenvalue weighted by atomic mass is 10.0. The molecule has 1 rings (SSSR count). The number of nitrogens with zero attached hydrogens (tertiary/aromatic N) is 2. The van der Waals surface area contributed by atoms with E-state index in [2.05, 4.69) is 29.4 Å². The molecular formula is C14H30N4O. The molecule has 1 saturated heterocycles. The van der Waals surface area contributed by atoms with Gasteiger partial charge in [0.2, 0.25) is 0 Å². The van der Waals surface area contributed by atoms with Crippen LogP contribution >= 0.6 is 0 Å². The Morgan fingerprint density at radius 2 is 2.16 bits per heavy atom. The minimum Gasteiger partial charge on any atom is -0.383 e. The molecule has 0 bridgehead atoms. The van der Waals surface area contributed by atoms with E-state index in [1.165, 1.54) is 25.8 Å². The van der Waals surface area contributed by atoms with Crippen molar-refractivity contribution >= 4 is 5.96 Å². The predicted octanol–water partition coefficient (Wildman–Crippen LogP) is 1.06. The molecule has 2 N–H and O–H groups in total. The molecule has 1 unspecified atom stereocenters. The van der Waals surface area contributed by atoms with Crippen LogP contribution in [0.15, 0.2) is 4.99 Å². The van der Waals surface area contributed by atoms with Crippen molar-refractivity contribution in [2.24, 2.45) is 4.99 Å². The molecule has 1 atom stereocenters. The van der Waals surface area contributed by atoms with Gasteiger partial charge in [-0.25, -0.2) is 0 Å². The third-order valence-corrected chi connectivity index (χ3v) is 3.56. The van der Waals surface area contributed by atoms with E-state index in [1.54, 1.807) is 7.11 Å². The Labute approximate surface area is 117 Å². The number of nitrogens with one attached hydrogen (secondary N) is 2. The molecule has 0 saturated carbocycles. The van der Waals surface area contributed by atoms with Gasteiger partial charge in [-0.2, -0.15) is 0 Å². The van der Waals surface area contributed by atoms with Gasteiger partial charge < -0.3 is 15.4 Å². The Kier molecular flexibility index (Phi) is 8.58. The van der Waals surface area contributed by atoms with Gasteiger partial charge in [-0.15, -0.1) is 0 Å². The minimum absolute atomic E-state index is 0.608. The summed E-state index contributed by atoms with van der Waals surface area (Å²) < 4.78 is 5.05. The lowest BCUT2D eigenvalue weighted by Gasteiger charge is -2.33. The van der Waals surface area contributed by atoms with Gasteiger partial charge in [0.25, 0.3) is 0 Å². The molecule has 112 valence electrons. The van der Waals surface area contributed by atoms with Gasteiger partial charge in [0, 0.05) is 26.2 Å². The Morgan fingerprint density at radius 1 is 1.32 bits per heavy atom. The van der Waals surface area contributed by atoms with Gasteiger partial charge in [0.1, 0.15) is 0 Å². The van der Waals surface area contributed by atoms with Crippen LogP contribution in [-0.2, 0) is 4.74 Å². The van der Waals surface area contributed by atoms with E-state index < -0.39 is 0 Å². The van der Waals surface area contributed by atoms with E-state index in [0.717, 1.165) is 32.1 Å². The van der Waals surface area contributed by atoms with Crippen molar-refractivity contribution in [2.75, 3.05) is 46.4 Å². The Morgan fingerprint density at radius 3 is 2.84 bits per heavy atom. The van der Waals surface area contributed by atoms with Crippen LogP contribution in [-0.4, -0.2) is 63.3 Å². The van der Waals surface area contributed by atoms with Gasteiger partial charge in [-0.3, -0.25) is 9.89 Å². The van der Waals surface area contributed by atoms with E-state index in [4.69, 9.17) is 9.73 Å². The highest BCUT2D eigenvalue weighted by Crippen LogP contribution is 2.16. The first-order chi connectivity index (χ1) is 9.31. The van der Waals surface area contributed by atoms with Crippen molar-refractivity contribution in [3.8, 4) is 0 Å². The normalized spacial score (nSPS) is 21.4. The summed E-state index contributed by atoms with van der Waals surface area (Å²) in [5.41, 5.74) is 0. The Balaban J connectivity index is 2.43. The minimum atomic E-state index is 0.608. The number of hydrogen-bond donors (Lipinski definition) is 2. The number of guanidine groups is 1. The lowest BCUT2D eigenvalue weighted by molar-refractivity contribution is 0.161. The molecule has 0 aromatic rings. The summed E-state index contributed by atoms with van der Waals surface area (Å²) >= 11 is 0. The maximum atomic E-state index is 5.05. The zero-order valence-corrected chi connectivity index (χ0v) is 12.7. The number of likely N-dealkylation sites (N-methyl/N-ethyl adjacent to an activating group) is 1. The lowest BCUT2D eigenvalue weighted by Crippen LogP contribution is -2.43. The van der Waals surface area contributed by atoms with Gasteiger partial charge in [0.05, 0.1) is 13.2 Å². The number of methoxy groups -OCH3 is 1. The first-order valence-corrected chi connectivity index (χ1v) is 7.57. The fourth-order valence-electron chi connectivity index (χ4n) is 2.49. The van der Waals surface area contributed by atoms with Crippen LogP contribution in [0.2, 0.25) is 0 Å². The molecule has 5 nitrogen and oxygen atoms in total. The molecule has 19 heavy (non-hydrogen) atoms. The first kappa shape index (κ1) is 16.2. The fraction of sp³-hybridized carbons (Fsp3) is 0.929. The zero-order chi connectivity index (χ0) is 13.9. The third-order valence-electron chi connectivity index (χ3n) is 3.56. The second kappa shape index (κ2) is 10.0. The van der Waals surface area contributed by atoms with Gasteiger partial charge >= 0.3 is 0 Å². The third kappa shape index (κ3) is 6.25. The Hall–Kier alpha value is -0.810. The molecule has 0 radical (unpaired) electrons. The summed E-state index contributed by atoms with van der Waals surface area (Å²) in [4.78, 5) is 7.25. The number of hydrogen-bond acceptors (Lipinski definition) is 3. The predicted molar refractivity (Wildman–Crippen MR) is 80.7 cm³/mol. The molecule has 1 aliphatic heterocycles. The molecule has 5 heteroatoms. The van der Waals surface area contributed by atoms with Gasteiger partial charge in [0.15, 0.2) is 5.96 Å². The molecule has 0 spiro atoms. The van der Waals surface area contributed by atoms with Crippen molar-refractivity contribution < 1.29 is 4.74 Å². The van der Waals surface area contributed by atoms with Crippen LogP contribution in [0.5, 0.6) is 0 Å². The summed E-state index contributed by atoms with van der Waals surface area (Å²) in [5.74, 6) is 0.904. The van der Waals surface area contributed by atoms with Crippen LogP contribution in [0.25, 0.3) is 0 Å². The summed E-state index contributed by atoms with van der Waals surface area (Å²) in [5, 5.41) is 6.57. The number of piperidine rings is 1. The van der Waals surface area contributed by atoms with Crippen molar-refractivity contribution in [3.05, 3.63) is 0 Å². The Bertz CT molecular complexity index is 258. The van der Waals surface area contributed by atoms with E-state index >= 15 is 0 Å². The van der Waals surface area contributed by atoms with Crippen LogP contribution in [0.3, 0.4) is 0 Å². The van der Waals surface area contributed by atoms with E-state index in [0.29, 0.717) is 12.6 Å². The molecule has 0 aliphatic carbocycles. The van der Waals surface area contributed by atoms with Gasteiger partial charge in [-0.05, 0) is 32.9 Å². The molecule has 0 aromatic carbocycles. The maximum absolute atomic E-state index is 5.05. The van der Waals surface area contributed by atoms with E-state index in [9.17, 15) is 0 Å². The van der Waals surface area contributed by atoms with E-state index in [1.807, 2.05) is 0 Å². The van der Waals surface area contributed by atoms with Crippen LogP contribution in [0.4, 0.5) is 0 Å². The standard InChI is InChI=1S/C14H30N4O/c1-4-15-14(16-9-11-19-3)17-12-13-8-6-7-10-18(13)5-2/h13H,4-12H2,1-3H3,(H2,15,16,17). The molecule has 0 amide bonds. The summed E-state index contributed by atoms with van der Waals surface area (Å²) in [6, 6.07) is 0.608. The molecular weight excluding hydrogens is 240 g/mol. The summed E-state index contributed by atoms with van der Waals surface area (Å²) in [6.07, 6.45) is 3.94. The van der Waals surface area contributed by atoms with Gasteiger partial charge in [-0.1, -0.05) is 13.3 Å². The average Bonchev–Trinajstić information content (AvgIpc) is 2.45. The zero-order valence-electron chi connectivity index (χ0n) is 12.7. The van der Waals surface area contributed by atoms with Crippen LogP contribution < -0.4 is 10.6 Å². The second-order valence-electron chi connectivity index (χ2n) is 4.92. The largest absolute Gasteiger partial charge is 0.383 e. The molecule has 1 aliphatic rings. The number of aliphatic imine (C=N–C) groups is 1. The quantitative estimate of drug-likeness (QED) is 0.413. The summed E-state index contributed by atoms with van der Waals surface area (Å²) in [7, 11) is 1.72. The smallest absolute Gasteiger partial charge is 0.191 e. The monoisotopic (exact) mass is 270 g/mol. The van der Waals surface area contributed by atoms with Crippen molar-refractivity contribution in [3.63, 3.8) is 0 Å². The molecule has 1 fully saturated rings. The second-order valence-corrected chi connectivity index (χ2v) is 4.92. The summed E-state index contributed by atoms with van der Waals surface area (Å²) in [6.45, 7) is 9.96. The average molecular weight is 270 g/mol. The van der Waals surface area contributed by atoms with Crippen LogP contribution in [0.1, 0.15) is 33.1 Å². The number of rotatable bonds is 7. The highest BCUT2D eigenvalue weighted by Gasteiger charge is 2.20. The first-order valence-electron chi connectivity index (χ1n) is 7.57. The highest BCUT2D eigenvalue weighted by molar-refractivity contribution is 5.79. The SMILES string of the molecule is CCNC(=NCC1CCCCN1CC)NCCOC. The molecule has 0 aromatic heterocycles. The van der Waals surface area contributed by atoms with Crippen LogP contribution in [0, 0.1) is 0 Å². The number of ether oxygens (including phenoxy) is 1. The highest BCUT2D eigenvalue weighted by atomic mass is 16.5. The molecule has 1 heterocycles. The van der Waals surface area contributed by atoms with E-state index in [-0.39, 0.29) is 0 Å². The fourth-order valence-corrected chi connectivity index (χ4v) is 2.49. The van der Waals surface area contributed by atoms with Crippen molar-refractivity contribution in [1.82, 2.24) is 15.5 Å². The van der Waals surface area contributed by atoms with Crippen molar-refractivity contribution in [2.45, 2.75) is 39.2 Å². The topological polar surface area (TPSA) is 48.9 Å².